The van der Waals surface area contributed by atoms with Gasteiger partial charge in [-0.05, 0) is 35.4 Å². The van der Waals surface area contributed by atoms with E-state index < -0.39 is 17.0 Å². The van der Waals surface area contributed by atoms with Crippen molar-refractivity contribution in [2.45, 2.75) is 30.2 Å². The maximum atomic E-state index is 13.5. The number of benzene rings is 3. The summed E-state index contributed by atoms with van der Waals surface area (Å²) in [5.41, 5.74) is 2.40. The number of nitrogens with zero attached hydrogens (tertiary/aromatic N) is 1. The number of fused-ring (bicyclic) bond motifs is 1. The van der Waals surface area contributed by atoms with E-state index in [9.17, 15) is 14.0 Å². The Labute approximate surface area is 195 Å². The molecule has 3 aromatic rings. The van der Waals surface area contributed by atoms with Crippen molar-refractivity contribution in [3.63, 3.8) is 0 Å². The molecule has 0 bridgehead atoms. The monoisotopic (exact) mass is 468 g/mol. The lowest BCUT2D eigenvalue weighted by molar-refractivity contribution is -0.128. The first-order valence-corrected chi connectivity index (χ1v) is 11.5. The summed E-state index contributed by atoms with van der Waals surface area (Å²) in [5, 5.41) is 2.61. The number of anilines is 1. The summed E-state index contributed by atoms with van der Waals surface area (Å²) >= 11 is 7.62. The Kier molecular flexibility index (Phi) is 6.82. The molecule has 0 fully saturated rings. The lowest BCUT2D eigenvalue weighted by Gasteiger charge is -2.36. The van der Waals surface area contributed by atoms with E-state index in [-0.39, 0.29) is 23.4 Å². The maximum Gasteiger partial charge on any atom is 0.241 e. The molecular weight excluding hydrogens is 447 g/mol. The van der Waals surface area contributed by atoms with Crippen LogP contribution in [0.1, 0.15) is 18.1 Å². The van der Waals surface area contributed by atoms with Gasteiger partial charge in [0.05, 0.1) is 18.2 Å². The number of carbonyl (C=O) groups is 2. The highest BCUT2D eigenvalue weighted by Gasteiger charge is 2.39. The van der Waals surface area contributed by atoms with Gasteiger partial charge in [0.2, 0.25) is 11.8 Å². The molecule has 164 valence electrons. The number of rotatable bonds is 6. The molecule has 0 saturated heterocycles. The smallest absolute Gasteiger partial charge is 0.241 e. The van der Waals surface area contributed by atoms with E-state index in [0.29, 0.717) is 12.1 Å². The SMILES string of the molecule is C[C@H](C(=O)NCc1ccccc1)[C@H]1Sc2ccccc2N(Cc2ccc(F)cc2Cl)C1=O. The van der Waals surface area contributed by atoms with Crippen LogP contribution in [0.5, 0.6) is 0 Å². The first-order chi connectivity index (χ1) is 15.4. The summed E-state index contributed by atoms with van der Waals surface area (Å²) in [6, 6.07) is 21.4. The standard InChI is InChI=1S/C25H22ClFN2O2S/c1-16(24(30)28-14-17-7-3-2-4-8-17)23-25(31)29(21-9-5-6-10-22(21)32-23)15-18-11-12-19(27)13-20(18)26/h2-13,16,23H,14-15H2,1H3,(H,28,30)/t16-,23+/m0/s1. The fourth-order valence-electron chi connectivity index (χ4n) is 3.62. The van der Waals surface area contributed by atoms with Gasteiger partial charge in [-0.1, -0.05) is 67.1 Å². The summed E-state index contributed by atoms with van der Waals surface area (Å²) in [6.07, 6.45) is 0. The zero-order valence-electron chi connectivity index (χ0n) is 17.4. The first kappa shape index (κ1) is 22.4. The van der Waals surface area contributed by atoms with Crippen molar-refractivity contribution in [3.05, 3.63) is 94.8 Å². The van der Waals surface area contributed by atoms with Crippen LogP contribution >= 0.6 is 23.4 Å². The van der Waals surface area contributed by atoms with Gasteiger partial charge >= 0.3 is 0 Å². The minimum Gasteiger partial charge on any atom is -0.352 e. The molecule has 1 aliphatic rings. The van der Waals surface area contributed by atoms with Crippen molar-refractivity contribution < 1.29 is 14.0 Å². The number of carbonyl (C=O) groups excluding carboxylic acids is 2. The molecule has 4 rings (SSSR count). The predicted molar refractivity (Wildman–Crippen MR) is 126 cm³/mol. The van der Waals surface area contributed by atoms with E-state index in [1.807, 2.05) is 54.6 Å². The molecule has 0 aromatic heterocycles. The van der Waals surface area contributed by atoms with Crippen LogP contribution in [-0.4, -0.2) is 17.1 Å². The van der Waals surface area contributed by atoms with Gasteiger partial charge in [-0.15, -0.1) is 11.8 Å². The lowest BCUT2D eigenvalue weighted by Crippen LogP contribution is -2.47. The summed E-state index contributed by atoms with van der Waals surface area (Å²) in [5.74, 6) is -1.33. The van der Waals surface area contributed by atoms with Crippen molar-refractivity contribution in [2.75, 3.05) is 4.90 Å². The van der Waals surface area contributed by atoms with Crippen molar-refractivity contribution in [1.29, 1.82) is 0 Å². The van der Waals surface area contributed by atoms with Crippen LogP contribution in [0.25, 0.3) is 0 Å². The van der Waals surface area contributed by atoms with Crippen molar-refractivity contribution in [3.8, 4) is 0 Å². The van der Waals surface area contributed by atoms with Crippen LogP contribution in [0.15, 0.2) is 77.7 Å². The Morgan fingerprint density at radius 2 is 1.84 bits per heavy atom. The van der Waals surface area contributed by atoms with E-state index in [1.54, 1.807) is 17.9 Å². The average molecular weight is 469 g/mol. The third kappa shape index (κ3) is 4.81. The highest BCUT2D eigenvalue weighted by molar-refractivity contribution is 8.01. The lowest BCUT2D eigenvalue weighted by atomic mass is 10.0. The minimum absolute atomic E-state index is 0.170. The topological polar surface area (TPSA) is 49.4 Å². The molecule has 2 amide bonds. The normalized spacial score (nSPS) is 16.4. The van der Waals surface area contributed by atoms with Crippen LogP contribution in [0, 0.1) is 11.7 Å². The van der Waals surface area contributed by atoms with Crippen LogP contribution < -0.4 is 10.2 Å². The summed E-state index contributed by atoms with van der Waals surface area (Å²) < 4.78 is 13.5. The molecule has 1 heterocycles. The Morgan fingerprint density at radius 1 is 1.12 bits per heavy atom. The highest BCUT2D eigenvalue weighted by atomic mass is 35.5. The molecule has 2 atom stereocenters. The Balaban J connectivity index is 1.55. The van der Waals surface area contributed by atoms with Gasteiger partial charge < -0.3 is 10.2 Å². The number of nitrogens with one attached hydrogen (secondary N) is 1. The zero-order valence-corrected chi connectivity index (χ0v) is 19.0. The molecule has 3 aromatic carbocycles. The number of halogens is 2. The van der Waals surface area contributed by atoms with E-state index in [2.05, 4.69) is 5.32 Å². The Morgan fingerprint density at radius 3 is 2.59 bits per heavy atom. The third-order valence-electron chi connectivity index (χ3n) is 5.44. The molecule has 1 aliphatic heterocycles. The molecule has 0 unspecified atom stereocenters. The second-order valence-corrected chi connectivity index (χ2v) is 9.25. The molecule has 0 aliphatic carbocycles. The van der Waals surface area contributed by atoms with Gasteiger partial charge in [0.15, 0.2) is 0 Å². The van der Waals surface area contributed by atoms with Gasteiger partial charge in [-0.3, -0.25) is 9.59 Å². The fraction of sp³-hybridized carbons (Fsp3) is 0.200. The van der Waals surface area contributed by atoms with Crippen molar-refractivity contribution in [1.82, 2.24) is 5.32 Å². The molecule has 32 heavy (non-hydrogen) atoms. The number of amides is 2. The summed E-state index contributed by atoms with van der Waals surface area (Å²) in [7, 11) is 0. The van der Waals surface area contributed by atoms with Gasteiger partial charge in [-0.2, -0.15) is 0 Å². The van der Waals surface area contributed by atoms with Gasteiger partial charge in [0.1, 0.15) is 11.1 Å². The van der Waals surface area contributed by atoms with E-state index in [0.717, 1.165) is 16.1 Å². The van der Waals surface area contributed by atoms with E-state index in [4.69, 9.17) is 11.6 Å². The molecule has 0 radical (unpaired) electrons. The number of thioether (sulfide) groups is 1. The highest BCUT2D eigenvalue weighted by Crippen LogP contribution is 2.42. The second kappa shape index (κ2) is 9.76. The average Bonchev–Trinajstić information content (AvgIpc) is 2.80. The second-order valence-electron chi connectivity index (χ2n) is 7.66. The van der Waals surface area contributed by atoms with Crippen LogP contribution in [0.2, 0.25) is 5.02 Å². The van der Waals surface area contributed by atoms with Gasteiger partial charge in [0, 0.05) is 16.5 Å². The van der Waals surface area contributed by atoms with Crippen LogP contribution in [-0.2, 0) is 22.7 Å². The minimum atomic E-state index is -0.583. The molecule has 4 nitrogen and oxygen atoms in total. The molecular formula is C25H22ClFN2O2S. The fourth-order valence-corrected chi connectivity index (χ4v) is 5.13. The predicted octanol–water partition coefficient (Wildman–Crippen LogP) is 5.44. The van der Waals surface area contributed by atoms with Crippen molar-refractivity contribution >= 4 is 40.9 Å². The van der Waals surface area contributed by atoms with Gasteiger partial charge in [-0.25, -0.2) is 4.39 Å². The Hall–Kier alpha value is -2.83. The summed E-state index contributed by atoms with van der Waals surface area (Å²) in [6.45, 7) is 2.37. The number of hydrogen-bond acceptors (Lipinski definition) is 3. The molecule has 0 saturated carbocycles. The molecule has 7 heteroatoms. The summed E-state index contributed by atoms with van der Waals surface area (Å²) in [4.78, 5) is 28.9. The van der Waals surface area contributed by atoms with Gasteiger partial charge in [0.25, 0.3) is 0 Å². The number of hydrogen-bond donors (Lipinski definition) is 1. The largest absolute Gasteiger partial charge is 0.352 e. The number of para-hydroxylation sites is 1. The van der Waals surface area contributed by atoms with E-state index >= 15 is 0 Å². The van der Waals surface area contributed by atoms with Crippen LogP contribution in [0.4, 0.5) is 10.1 Å². The van der Waals surface area contributed by atoms with Crippen LogP contribution in [0.3, 0.4) is 0 Å². The Bertz CT molecular complexity index is 1140. The third-order valence-corrected chi connectivity index (χ3v) is 7.26. The van der Waals surface area contributed by atoms with E-state index in [1.165, 1.54) is 23.9 Å². The maximum absolute atomic E-state index is 13.5. The quantitative estimate of drug-likeness (QED) is 0.524. The molecule has 0 spiro atoms. The zero-order chi connectivity index (χ0) is 22.7. The van der Waals surface area contributed by atoms with Crippen molar-refractivity contribution in [2.24, 2.45) is 5.92 Å². The first-order valence-electron chi connectivity index (χ1n) is 10.3. The molecule has 1 N–H and O–H groups in total.